The Morgan fingerprint density at radius 3 is 2.17 bits per heavy atom. The van der Waals surface area contributed by atoms with Crippen LogP contribution in [0.4, 0.5) is 0 Å². The standard InChI is InChI=1S/C7H5ClO3.C6H15N/c8-6-3-1-2-5(4-6)7(9)11-10;1-4-7(5-2)6-3/h1-4,10H;4-6H2,1-3H3. The van der Waals surface area contributed by atoms with E-state index in [1.165, 1.54) is 31.8 Å². The fourth-order valence-electron chi connectivity index (χ4n) is 1.34. The van der Waals surface area contributed by atoms with Gasteiger partial charge in [0, 0.05) is 5.02 Å². The summed E-state index contributed by atoms with van der Waals surface area (Å²) in [5.41, 5.74) is 0.222. The average Bonchev–Trinajstić information content (AvgIpc) is 2.40. The van der Waals surface area contributed by atoms with Crippen LogP contribution in [0, 0.1) is 0 Å². The first-order valence-electron chi connectivity index (χ1n) is 5.92. The van der Waals surface area contributed by atoms with Gasteiger partial charge in [0.25, 0.3) is 0 Å². The molecule has 0 amide bonds. The van der Waals surface area contributed by atoms with Crippen molar-refractivity contribution in [3.63, 3.8) is 0 Å². The SMILES string of the molecule is CCN(CC)CC.O=C(OO)c1cccc(Cl)c1. The van der Waals surface area contributed by atoms with E-state index in [0.717, 1.165) is 0 Å². The van der Waals surface area contributed by atoms with Gasteiger partial charge >= 0.3 is 5.97 Å². The molecule has 0 radical (unpaired) electrons. The number of nitrogens with zero attached hydrogens (tertiary/aromatic N) is 1. The number of carbonyl (C=O) groups excluding carboxylic acids is 1. The fraction of sp³-hybridized carbons (Fsp3) is 0.462. The van der Waals surface area contributed by atoms with E-state index >= 15 is 0 Å². The first-order valence-corrected chi connectivity index (χ1v) is 6.30. The molecular weight excluding hydrogens is 254 g/mol. The van der Waals surface area contributed by atoms with Gasteiger partial charge in [-0.15, -0.1) is 0 Å². The van der Waals surface area contributed by atoms with Gasteiger partial charge in [0.05, 0.1) is 5.56 Å². The normalized spacial score (nSPS) is 9.67. The molecule has 0 aromatic heterocycles. The van der Waals surface area contributed by atoms with E-state index in [9.17, 15) is 4.79 Å². The lowest BCUT2D eigenvalue weighted by Gasteiger charge is -2.13. The first-order chi connectivity index (χ1) is 8.58. The molecule has 0 aliphatic carbocycles. The third-order valence-corrected chi connectivity index (χ3v) is 2.72. The molecule has 102 valence electrons. The molecule has 0 saturated carbocycles. The summed E-state index contributed by atoms with van der Waals surface area (Å²) in [6, 6.07) is 6.11. The van der Waals surface area contributed by atoms with Gasteiger partial charge < -0.3 is 4.90 Å². The molecule has 1 N–H and O–H groups in total. The predicted molar refractivity (Wildman–Crippen MR) is 73.0 cm³/mol. The molecule has 0 aliphatic rings. The topological polar surface area (TPSA) is 49.8 Å². The van der Waals surface area contributed by atoms with Gasteiger partial charge in [-0.25, -0.2) is 4.79 Å². The molecular formula is C13H20ClNO3. The summed E-state index contributed by atoms with van der Waals surface area (Å²) in [5, 5.41) is 8.41. The zero-order valence-corrected chi connectivity index (χ0v) is 11.8. The lowest BCUT2D eigenvalue weighted by Crippen LogP contribution is -2.21. The second-order valence-electron chi connectivity index (χ2n) is 3.51. The minimum absolute atomic E-state index is 0.222. The van der Waals surface area contributed by atoms with Crippen molar-refractivity contribution in [3.8, 4) is 0 Å². The van der Waals surface area contributed by atoms with Crippen molar-refractivity contribution in [3.05, 3.63) is 34.9 Å². The van der Waals surface area contributed by atoms with Crippen LogP contribution in [-0.2, 0) is 4.89 Å². The first kappa shape index (κ1) is 16.9. The highest BCUT2D eigenvalue weighted by Gasteiger charge is 2.05. The number of hydrogen-bond acceptors (Lipinski definition) is 4. The lowest BCUT2D eigenvalue weighted by molar-refractivity contribution is -0.182. The number of benzene rings is 1. The van der Waals surface area contributed by atoms with Crippen LogP contribution in [0.3, 0.4) is 0 Å². The van der Waals surface area contributed by atoms with Crippen LogP contribution in [-0.4, -0.2) is 35.8 Å². The van der Waals surface area contributed by atoms with Crippen molar-refractivity contribution in [2.24, 2.45) is 0 Å². The largest absolute Gasteiger partial charge is 0.372 e. The smallest absolute Gasteiger partial charge is 0.304 e. The van der Waals surface area contributed by atoms with Gasteiger partial charge in [0.15, 0.2) is 0 Å². The highest BCUT2D eigenvalue weighted by Crippen LogP contribution is 2.10. The van der Waals surface area contributed by atoms with Gasteiger partial charge in [-0.3, -0.25) is 4.89 Å². The van der Waals surface area contributed by atoms with Crippen LogP contribution < -0.4 is 0 Å². The third-order valence-electron chi connectivity index (χ3n) is 2.48. The number of halogens is 1. The molecule has 1 rings (SSSR count). The number of hydrogen-bond donors (Lipinski definition) is 1. The molecule has 0 fully saturated rings. The summed E-state index contributed by atoms with van der Waals surface area (Å²) in [7, 11) is 0. The molecule has 0 saturated heterocycles. The summed E-state index contributed by atoms with van der Waals surface area (Å²) < 4.78 is 0. The molecule has 1 aromatic rings. The maximum absolute atomic E-state index is 10.6. The quantitative estimate of drug-likeness (QED) is 0.675. The van der Waals surface area contributed by atoms with Crippen LogP contribution in [0.5, 0.6) is 0 Å². The maximum Gasteiger partial charge on any atom is 0.372 e. The van der Waals surface area contributed by atoms with E-state index in [1.807, 2.05) is 0 Å². The Morgan fingerprint density at radius 1 is 1.28 bits per heavy atom. The third kappa shape index (κ3) is 6.59. The van der Waals surface area contributed by atoms with Crippen molar-refractivity contribution in [1.29, 1.82) is 0 Å². The van der Waals surface area contributed by atoms with Crippen molar-refractivity contribution < 1.29 is 14.9 Å². The molecule has 0 aliphatic heterocycles. The summed E-state index contributed by atoms with van der Waals surface area (Å²) in [6.45, 7) is 10.1. The molecule has 0 unspecified atom stereocenters. The number of carbonyl (C=O) groups is 1. The molecule has 18 heavy (non-hydrogen) atoms. The van der Waals surface area contributed by atoms with E-state index in [2.05, 4.69) is 30.6 Å². The summed E-state index contributed by atoms with van der Waals surface area (Å²) >= 11 is 5.56. The molecule has 0 heterocycles. The molecule has 4 nitrogen and oxygen atoms in total. The van der Waals surface area contributed by atoms with Gasteiger partial charge in [0.1, 0.15) is 0 Å². The van der Waals surface area contributed by atoms with E-state index in [4.69, 9.17) is 16.9 Å². The second-order valence-corrected chi connectivity index (χ2v) is 3.95. The van der Waals surface area contributed by atoms with Gasteiger partial charge in [-0.1, -0.05) is 38.4 Å². The van der Waals surface area contributed by atoms with Gasteiger partial charge in [-0.2, -0.15) is 5.26 Å². The molecule has 5 heteroatoms. The van der Waals surface area contributed by atoms with Crippen LogP contribution in [0.2, 0.25) is 5.02 Å². The van der Waals surface area contributed by atoms with Gasteiger partial charge in [-0.05, 0) is 37.8 Å². The predicted octanol–water partition coefficient (Wildman–Crippen LogP) is 3.32. The Bertz CT molecular complexity index is 348. The Labute approximate surface area is 113 Å². The molecule has 0 bridgehead atoms. The zero-order chi connectivity index (χ0) is 14.0. The van der Waals surface area contributed by atoms with Crippen LogP contribution in [0.25, 0.3) is 0 Å². The highest BCUT2D eigenvalue weighted by atomic mass is 35.5. The van der Waals surface area contributed by atoms with Crippen LogP contribution >= 0.6 is 11.6 Å². The van der Waals surface area contributed by atoms with E-state index < -0.39 is 5.97 Å². The van der Waals surface area contributed by atoms with E-state index in [-0.39, 0.29) is 5.56 Å². The Hall–Kier alpha value is -1.10. The second kappa shape index (κ2) is 9.88. The maximum atomic E-state index is 10.6. The van der Waals surface area contributed by atoms with Crippen LogP contribution in [0.15, 0.2) is 24.3 Å². The van der Waals surface area contributed by atoms with Crippen molar-refractivity contribution in [2.75, 3.05) is 19.6 Å². The van der Waals surface area contributed by atoms with E-state index in [1.54, 1.807) is 12.1 Å². The Kier molecular flexibility index (Phi) is 9.28. The highest BCUT2D eigenvalue weighted by molar-refractivity contribution is 6.30. The minimum atomic E-state index is -0.813. The Balaban J connectivity index is 0.000000360. The average molecular weight is 274 g/mol. The van der Waals surface area contributed by atoms with Crippen molar-refractivity contribution in [1.82, 2.24) is 4.90 Å². The van der Waals surface area contributed by atoms with Crippen LogP contribution in [0.1, 0.15) is 31.1 Å². The lowest BCUT2D eigenvalue weighted by atomic mass is 10.2. The van der Waals surface area contributed by atoms with Crippen molar-refractivity contribution >= 4 is 17.6 Å². The van der Waals surface area contributed by atoms with E-state index in [0.29, 0.717) is 5.02 Å². The Morgan fingerprint density at radius 2 is 1.83 bits per heavy atom. The fourth-order valence-corrected chi connectivity index (χ4v) is 1.53. The zero-order valence-electron chi connectivity index (χ0n) is 11.0. The number of rotatable bonds is 4. The minimum Gasteiger partial charge on any atom is -0.304 e. The summed E-state index contributed by atoms with van der Waals surface area (Å²) in [5.74, 6) is -0.813. The van der Waals surface area contributed by atoms with Gasteiger partial charge in [0.2, 0.25) is 0 Å². The monoisotopic (exact) mass is 273 g/mol. The van der Waals surface area contributed by atoms with Crippen molar-refractivity contribution in [2.45, 2.75) is 20.8 Å². The summed E-state index contributed by atoms with van der Waals surface area (Å²) in [4.78, 5) is 16.5. The molecule has 1 aromatic carbocycles. The molecule has 0 atom stereocenters. The summed E-state index contributed by atoms with van der Waals surface area (Å²) in [6.07, 6.45) is 0. The molecule has 0 spiro atoms.